The Bertz CT molecular complexity index is 154. The highest BCUT2D eigenvalue weighted by atomic mass is 16.5. The molecule has 1 aliphatic rings. The lowest BCUT2D eigenvalue weighted by Gasteiger charge is -2.35. The predicted octanol–water partition coefficient (Wildman–Crippen LogP) is 2.68. The highest BCUT2D eigenvalue weighted by Crippen LogP contribution is 2.19. The van der Waals surface area contributed by atoms with Gasteiger partial charge in [-0.05, 0) is 46.6 Å². The van der Waals surface area contributed by atoms with Gasteiger partial charge >= 0.3 is 0 Å². The average Bonchev–Trinajstić information content (AvgIpc) is 2.06. The van der Waals surface area contributed by atoms with Crippen LogP contribution in [-0.4, -0.2) is 36.2 Å². The summed E-state index contributed by atoms with van der Waals surface area (Å²) in [6.45, 7) is 12.4. The van der Waals surface area contributed by atoms with E-state index in [2.05, 4.69) is 32.6 Å². The first kappa shape index (κ1) is 12.0. The first-order valence-electron chi connectivity index (χ1n) is 5.91. The zero-order chi connectivity index (χ0) is 10.6. The van der Waals surface area contributed by atoms with Gasteiger partial charge in [0, 0.05) is 13.1 Å². The highest BCUT2D eigenvalue weighted by Gasteiger charge is 2.23. The summed E-state index contributed by atoms with van der Waals surface area (Å²) in [7, 11) is 0. The third-order valence-electron chi connectivity index (χ3n) is 2.59. The molecule has 0 aromatic heterocycles. The Morgan fingerprint density at radius 1 is 1.21 bits per heavy atom. The van der Waals surface area contributed by atoms with E-state index >= 15 is 0 Å². The van der Waals surface area contributed by atoms with Crippen molar-refractivity contribution in [2.75, 3.05) is 19.6 Å². The van der Waals surface area contributed by atoms with Crippen molar-refractivity contribution in [3.8, 4) is 0 Å². The van der Waals surface area contributed by atoms with Gasteiger partial charge in [-0.3, -0.25) is 0 Å². The molecule has 0 aliphatic carbocycles. The smallest absolute Gasteiger partial charge is 0.0606 e. The number of hydrogen-bond acceptors (Lipinski definition) is 2. The van der Waals surface area contributed by atoms with Crippen LogP contribution in [0, 0.1) is 0 Å². The van der Waals surface area contributed by atoms with Crippen LogP contribution in [-0.2, 0) is 4.74 Å². The Kier molecular flexibility index (Phi) is 4.39. The zero-order valence-corrected chi connectivity index (χ0v) is 10.2. The number of hydrogen-bond donors (Lipinski definition) is 0. The molecule has 0 amide bonds. The van der Waals surface area contributed by atoms with Crippen LogP contribution >= 0.6 is 0 Å². The van der Waals surface area contributed by atoms with Crippen LogP contribution in [0.1, 0.15) is 47.0 Å². The number of likely N-dealkylation sites (tertiary alicyclic amines) is 1. The van der Waals surface area contributed by atoms with E-state index in [1.165, 1.54) is 38.9 Å². The molecule has 0 radical (unpaired) electrons. The second-order valence-electron chi connectivity index (χ2n) is 5.27. The van der Waals surface area contributed by atoms with Gasteiger partial charge in [0.05, 0.1) is 11.7 Å². The number of rotatable bonds is 3. The first-order chi connectivity index (χ1) is 6.51. The van der Waals surface area contributed by atoms with E-state index in [1.54, 1.807) is 0 Å². The van der Waals surface area contributed by atoms with Crippen molar-refractivity contribution in [1.29, 1.82) is 0 Å². The fraction of sp³-hybridized carbons (Fsp3) is 1.00. The van der Waals surface area contributed by atoms with Crippen LogP contribution in [0.2, 0.25) is 0 Å². The van der Waals surface area contributed by atoms with Gasteiger partial charge in [-0.1, -0.05) is 6.92 Å². The third-order valence-corrected chi connectivity index (χ3v) is 2.59. The van der Waals surface area contributed by atoms with Crippen molar-refractivity contribution >= 4 is 0 Å². The van der Waals surface area contributed by atoms with Gasteiger partial charge in [-0.25, -0.2) is 0 Å². The van der Waals surface area contributed by atoms with Crippen molar-refractivity contribution in [1.82, 2.24) is 4.90 Å². The van der Waals surface area contributed by atoms with Gasteiger partial charge in [0.1, 0.15) is 0 Å². The Hall–Kier alpha value is -0.0800. The summed E-state index contributed by atoms with van der Waals surface area (Å²) < 4.78 is 5.98. The molecular formula is C12H25NO. The van der Waals surface area contributed by atoms with Crippen LogP contribution in [0.25, 0.3) is 0 Å². The molecule has 1 heterocycles. The van der Waals surface area contributed by atoms with Crippen LogP contribution in [0.3, 0.4) is 0 Å². The SMILES string of the molecule is CCCN1CCC(OC(C)(C)C)CC1. The molecule has 0 atom stereocenters. The van der Waals surface area contributed by atoms with Crippen molar-refractivity contribution in [3.63, 3.8) is 0 Å². The Morgan fingerprint density at radius 3 is 2.21 bits per heavy atom. The molecule has 0 saturated carbocycles. The average molecular weight is 199 g/mol. The number of piperidine rings is 1. The van der Waals surface area contributed by atoms with E-state index in [4.69, 9.17) is 4.74 Å². The van der Waals surface area contributed by atoms with Gasteiger partial charge in [0.15, 0.2) is 0 Å². The van der Waals surface area contributed by atoms with Crippen molar-refractivity contribution in [2.24, 2.45) is 0 Å². The van der Waals surface area contributed by atoms with E-state index in [0.29, 0.717) is 6.10 Å². The molecule has 1 rings (SSSR count). The van der Waals surface area contributed by atoms with Crippen molar-refractivity contribution in [3.05, 3.63) is 0 Å². The van der Waals surface area contributed by atoms with Gasteiger partial charge in [-0.15, -0.1) is 0 Å². The van der Waals surface area contributed by atoms with Crippen LogP contribution in [0.4, 0.5) is 0 Å². The van der Waals surface area contributed by atoms with Crippen LogP contribution in [0.15, 0.2) is 0 Å². The summed E-state index contributed by atoms with van der Waals surface area (Å²) in [5.74, 6) is 0. The monoisotopic (exact) mass is 199 g/mol. The topological polar surface area (TPSA) is 12.5 Å². The second kappa shape index (κ2) is 5.13. The van der Waals surface area contributed by atoms with E-state index in [1.807, 2.05) is 0 Å². The molecule has 0 aromatic carbocycles. The second-order valence-corrected chi connectivity index (χ2v) is 5.27. The lowest BCUT2D eigenvalue weighted by Crippen LogP contribution is -2.40. The summed E-state index contributed by atoms with van der Waals surface area (Å²) in [5, 5.41) is 0. The minimum Gasteiger partial charge on any atom is -0.373 e. The van der Waals surface area contributed by atoms with Gasteiger partial charge in [0.2, 0.25) is 0 Å². The predicted molar refractivity (Wildman–Crippen MR) is 60.6 cm³/mol. The van der Waals surface area contributed by atoms with Crippen LogP contribution < -0.4 is 0 Å². The van der Waals surface area contributed by atoms with E-state index in [0.717, 1.165) is 0 Å². The Balaban J connectivity index is 2.22. The molecule has 1 aliphatic heterocycles. The van der Waals surface area contributed by atoms with E-state index in [9.17, 15) is 0 Å². The third kappa shape index (κ3) is 4.43. The standard InChI is InChI=1S/C12H25NO/c1-5-8-13-9-6-11(7-10-13)14-12(2,3)4/h11H,5-10H2,1-4H3. The molecule has 0 N–H and O–H groups in total. The maximum atomic E-state index is 5.98. The Morgan fingerprint density at radius 2 is 1.79 bits per heavy atom. The maximum Gasteiger partial charge on any atom is 0.0606 e. The molecule has 0 unspecified atom stereocenters. The zero-order valence-electron chi connectivity index (χ0n) is 10.2. The van der Waals surface area contributed by atoms with Gasteiger partial charge in [0.25, 0.3) is 0 Å². The molecule has 1 fully saturated rings. The highest BCUT2D eigenvalue weighted by molar-refractivity contribution is 4.74. The molecule has 0 bridgehead atoms. The summed E-state index contributed by atoms with van der Waals surface area (Å²) >= 11 is 0. The fourth-order valence-electron chi connectivity index (χ4n) is 2.07. The lowest BCUT2D eigenvalue weighted by atomic mass is 10.1. The molecule has 84 valence electrons. The summed E-state index contributed by atoms with van der Waals surface area (Å²) in [4.78, 5) is 2.54. The minimum absolute atomic E-state index is 0.0254. The van der Waals surface area contributed by atoms with Crippen molar-refractivity contribution < 1.29 is 4.74 Å². The first-order valence-corrected chi connectivity index (χ1v) is 5.91. The van der Waals surface area contributed by atoms with Crippen LogP contribution in [0.5, 0.6) is 0 Å². The quantitative estimate of drug-likeness (QED) is 0.693. The molecule has 14 heavy (non-hydrogen) atoms. The molecule has 0 aromatic rings. The number of nitrogens with zero attached hydrogens (tertiary/aromatic N) is 1. The lowest BCUT2D eigenvalue weighted by molar-refractivity contribution is -0.0819. The molecule has 1 saturated heterocycles. The van der Waals surface area contributed by atoms with E-state index in [-0.39, 0.29) is 5.60 Å². The van der Waals surface area contributed by atoms with Crippen molar-refractivity contribution in [2.45, 2.75) is 58.7 Å². The molecule has 2 heteroatoms. The number of ether oxygens (including phenoxy) is 1. The Labute approximate surface area is 88.6 Å². The molecule has 2 nitrogen and oxygen atoms in total. The fourth-order valence-corrected chi connectivity index (χ4v) is 2.07. The van der Waals surface area contributed by atoms with Gasteiger partial charge < -0.3 is 9.64 Å². The summed E-state index contributed by atoms with van der Waals surface area (Å²) in [6.07, 6.45) is 4.17. The van der Waals surface area contributed by atoms with E-state index < -0.39 is 0 Å². The summed E-state index contributed by atoms with van der Waals surface area (Å²) in [5.41, 5.74) is 0.0254. The molecular weight excluding hydrogens is 174 g/mol. The normalized spacial score (nSPS) is 21.4. The maximum absolute atomic E-state index is 5.98. The summed E-state index contributed by atoms with van der Waals surface area (Å²) in [6, 6.07) is 0. The minimum atomic E-state index is 0.0254. The largest absolute Gasteiger partial charge is 0.373 e. The van der Waals surface area contributed by atoms with Gasteiger partial charge in [-0.2, -0.15) is 0 Å². The molecule has 0 spiro atoms.